The van der Waals surface area contributed by atoms with Crippen molar-refractivity contribution in [3.63, 3.8) is 0 Å². The number of aryl methyl sites for hydroxylation is 1. The van der Waals surface area contributed by atoms with E-state index in [1.165, 1.54) is 16.7 Å². The van der Waals surface area contributed by atoms with Crippen molar-refractivity contribution in [2.75, 3.05) is 0 Å². The minimum absolute atomic E-state index is 0.974. The predicted molar refractivity (Wildman–Crippen MR) is 99.7 cm³/mol. The molecule has 0 radical (unpaired) electrons. The molecule has 0 bridgehead atoms. The van der Waals surface area contributed by atoms with E-state index in [4.69, 9.17) is 4.98 Å². The molecule has 0 saturated carbocycles. The molecule has 3 rings (SSSR count). The Balaban J connectivity index is 1.82. The van der Waals surface area contributed by atoms with Crippen LogP contribution in [-0.4, -0.2) is 4.98 Å². The highest BCUT2D eigenvalue weighted by atomic mass is 14.7. The summed E-state index contributed by atoms with van der Waals surface area (Å²) >= 11 is 0. The fraction of sp³-hybridized carbons (Fsp3) is 0.0455. The second kappa shape index (κ2) is 7.37. The van der Waals surface area contributed by atoms with Gasteiger partial charge >= 0.3 is 0 Å². The summed E-state index contributed by atoms with van der Waals surface area (Å²) < 4.78 is 0. The molecule has 0 aliphatic rings. The molecule has 0 N–H and O–H groups in total. The number of aromatic nitrogens is 1. The van der Waals surface area contributed by atoms with Gasteiger partial charge in [0.1, 0.15) is 0 Å². The van der Waals surface area contributed by atoms with Crippen LogP contribution in [0.4, 0.5) is 0 Å². The molecule has 23 heavy (non-hydrogen) atoms. The highest BCUT2D eigenvalue weighted by Crippen LogP contribution is 2.12. The largest absolute Gasteiger partial charge is 0.249 e. The molecule has 1 aromatic heterocycles. The van der Waals surface area contributed by atoms with Gasteiger partial charge in [-0.1, -0.05) is 72.8 Å². The highest BCUT2D eigenvalue weighted by molar-refractivity contribution is 5.71. The fourth-order valence-electron chi connectivity index (χ4n) is 2.38. The maximum Gasteiger partial charge on any atom is 0.0639 e. The van der Waals surface area contributed by atoms with E-state index in [2.05, 4.69) is 67.6 Å². The summed E-state index contributed by atoms with van der Waals surface area (Å²) in [5, 5.41) is 0. The van der Waals surface area contributed by atoms with Gasteiger partial charge in [-0.25, -0.2) is 4.98 Å². The van der Waals surface area contributed by atoms with Crippen LogP contribution in [0, 0.1) is 6.92 Å². The zero-order valence-corrected chi connectivity index (χ0v) is 13.2. The first-order valence-corrected chi connectivity index (χ1v) is 7.74. The molecule has 1 heteroatoms. The van der Waals surface area contributed by atoms with E-state index in [1.54, 1.807) is 0 Å². The molecule has 0 aliphatic heterocycles. The van der Waals surface area contributed by atoms with E-state index in [9.17, 15) is 0 Å². The molecular weight excluding hydrogens is 278 g/mol. The third kappa shape index (κ3) is 4.52. The van der Waals surface area contributed by atoms with Crippen LogP contribution in [0.5, 0.6) is 0 Å². The van der Waals surface area contributed by atoms with Crippen molar-refractivity contribution in [2.45, 2.75) is 6.92 Å². The Kier molecular flexibility index (Phi) is 4.80. The van der Waals surface area contributed by atoms with E-state index in [-0.39, 0.29) is 0 Å². The molecule has 0 fully saturated rings. The van der Waals surface area contributed by atoms with Crippen LogP contribution in [0.1, 0.15) is 28.1 Å². The molecule has 0 atom stereocenters. The lowest BCUT2D eigenvalue weighted by Gasteiger charge is -2.01. The molecule has 0 amide bonds. The second-order valence-corrected chi connectivity index (χ2v) is 5.48. The summed E-state index contributed by atoms with van der Waals surface area (Å²) in [6.07, 6.45) is 8.29. The maximum atomic E-state index is 4.69. The van der Waals surface area contributed by atoms with Gasteiger partial charge < -0.3 is 0 Å². The minimum atomic E-state index is 0.974. The summed E-state index contributed by atoms with van der Waals surface area (Å²) in [5.41, 5.74) is 5.51. The van der Waals surface area contributed by atoms with Crippen LogP contribution in [-0.2, 0) is 0 Å². The van der Waals surface area contributed by atoms with Crippen LogP contribution < -0.4 is 0 Å². The number of hydrogen-bond acceptors (Lipinski definition) is 1. The fourth-order valence-corrected chi connectivity index (χ4v) is 2.38. The second-order valence-electron chi connectivity index (χ2n) is 5.48. The lowest BCUT2D eigenvalue weighted by Crippen LogP contribution is -1.87. The van der Waals surface area contributed by atoms with Crippen LogP contribution in [0.25, 0.3) is 24.3 Å². The highest BCUT2D eigenvalue weighted by Gasteiger charge is 1.96. The van der Waals surface area contributed by atoms with Gasteiger partial charge in [0, 0.05) is 0 Å². The first kappa shape index (κ1) is 15.0. The summed E-state index contributed by atoms with van der Waals surface area (Å²) in [7, 11) is 0. The van der Waals surface area contributed by atoms with Crippen LogP contribution in [0.3, 0.4) is 0 Å². The Labute approximate surface area is 137 Å². The molecular formula is C22H19N. The number of hydrogen-bond donors (Lipinski definition) is 0. The topological polar surface area (TPSA) is 12.9 Å². The van der Waals surface area contributed by atoms with Crippen LogP contribution >= 0.6 is 0 Å². The van der Waals surface area contributed by atoms with Crippen molar-refractivity contribution < 1.29 is 0 Å². The van der Waals surface area contributed by atoms with Crippen molar-refractivity contribution in [3.05, 3.63) is 101 Å². The van der Waals surface area contributed by atoms with Gasteiger partial charge in [-0.15, -0.1) is 0 Å². The molecule has 2 aromatic carbocycles. The van der Waals surface area contributed by atoms with Crippen molar-refractivity contribution in [3.8, 4) is 0 Å². The molecule has 1 heterocycles. The average Bonchev–Trinajstić information content (AvgIpc) is 2.60. The van der Waals surface area contributed by atoms with Gasteiger partial charge in [-0.05, 0) is 47.9 Å². The molecule has 1 nitrogen and oxygen atoms in total. The molecule has 112 valence electrons. The maximum absolute atomic E-state index is 4.69. The van der Waals surface area contributed by atoms with E-state index < -0.39 is 0 Å². The van der Waals surface area contributed by atoms with Gasteiger partial charge in [-0.2, -0.15) is 0 Å². The summed E-state index contributed by atoms with van der Waals surface area (Å²) in [6.45, 7) is 2.10. The molecule has 0 aliphatic carbocycles. The monoisotopic (exact) mass is 297 g/mol. The Morgan fingerprint density at radius 3 is 1.48 bits per heavy atom. The third-order valence-corrected chi connectivity index (χ3v) is 3.50. The number of benzene rings is 2. The third-order valence-electron chi connectivity index (χ3n) is 3.50. The van der Waals surface area contributed by atoms with Crippen LogP contribution in [0.2, 0.25) is 0 Å². The minimum Gasteiger partial charge on any atom is -0.249 e. The van der Waals surface area contributed by atoms with Gasteiger partial charge in [-0.3, -0.25) is 0 Å². The number of nitrogens with zero attached hydrogens (tertiary/aromatic N) is 1. The van der Waals surface area contributed by atoms with E-state index in [0.717, 1.165) is 11.4 Å². The smallest absolute Gasteiger partial charge is 0.0639 e. The molecule has 3 aromatic rings. The first-order valence-electron chi connectivity index (χ1n) is 7.74. The Morgan fingerprint density at radius 1 is 0.609 bits per heavy atom. The van der Waals surface area contributed by atoms with Crippen molar-refractivity contribution in [1.29, 1.82) is 0 Å². The lowest BCUT2D eigenvalue weighted by molar-refractivity contribution is 1.23. The SMILES string of the molecule is Cc1cc(C=Cc2ccccc2)nc(C=Cc2ccccc2)c1. The van der Waals surface area contributed by atoms with Gasteiger partial charge in [0.2, 0.25) is 0 Å². The van der Waals surface area contributed by atoms with Gasteiger partial charge in [0.15, 0.2) is 0 Å². The summed E-state index contributed by atoms with van der Waals surface area (Å²) in [5.74, 6) is 0. The lowest BCUT2D eigenvalue weighted by atomic mass is 10.1. The van der Waals surface area contributed by atoms with Crippen molar-refractivity contribution in [1.82, 2.24) is 4.98 Å². The Bertz CT molecular complexity index is 747. The average molecular weight is 297 g/mol. The normalized spacial score (nSPS) is 11.3. The Hall–Kier alpha value is -2.93. The zero-order valence-electron chi connectivity index (χ0n) is 13.2. The van der Waals surface area contributed by atoms with Gasteiger partial charge in [0.25, 0.3) is 0 Å². The van der Waals surface area contributed by atoms with Crippen molar-refractivity contribution in [2.24, 2.45) is 0 Å². The summed E-state index contributed by atoms with van der Waals surface area (Å²) in [4.78, 5) is 4.69. The van der Waals surface area contributed by atoms with E-state index in [0.29, 0.717) is 0 Å². The van der Waals surface area contributed by atoms with E-state index in [1.807, 2.05) is 36.4 Å². The van der Waals surface area contributed by atoms with Crippen LogP contribution in [0.15, 0.2) is 72.8 Å². The molecule has 0 saturated heterocycles. The van der Waals surface area contributed by atoms with E-state index >= 15 is 0 Å². The quantitative estimate of drug-likeness (QED) is 0.599. The van der Waals surface area contributed by atoms with Crippen molar-refractivity contribution >= 4 is 24.3 Å². The zero-order chi connectivity index (χ0) is 15.9. The Morgan fingerprint density at radius 2 is 1.04 bits per heavy atom. The molecule has 0 spiro atoms. The first-order chi connectivity index (χ1) is 11.3. The standard InChI is InChI=1S/C22H19N/c1-18-16-21(14-12-19-8-4-2-5-9-19)23-22(17-18)15-13-20-10-6-3-7-11-20/h2-17H,1H3. The number of pyridine rings is 1. The number of rotatable bonds is 4. The molecule has 0 unspecified atom stereocenters. The predicted octanol–water partition coefficient (Wildman–Crippen LogP) is 5.73. The van der Waals surface area contributed by atoms with Gasteiger partial charge in [0.05, 0.1) is 11.4 Å². The summed E-state index contributed by atoms with van der Waals surface area (Å²) in [6, 6.07) is 24.7.